The number of rotatable bonds is 7. The van der Waals surface area contributed by atoms with Crippen molar-refractivity contribution in [3.8, 4) is 0 Å². The summed E-state index contributed by atoms with van der Waals surface area (Å²) in [6.07, 6.45) is 3.52. The molecule has 1 aromatic heterocycles. The number of aromatic nitrogens is 2. The third-order valence-corrected chi connectivity index (χ3v) is 4.82. The quantitative estimate of drug-likeness (QED) is 0.730. The normalized spacial score (nSPS) is 12.3. The molecule has 0 radical (unpaired) electrons. The highest BCUT2D eigenvalue weighted by molar-refractivity contribution is 5.77. The van der Waals surface area contributed by atoms with Crippen molar-refractivity contribution >= 4 is 29.7 Å². The van der Waals surface area contributed by atoms with Crippen molar-refractivity contribution in [2.75, 3.05) is 11.4 Å². The van der Waals surface area contributed by atoms with Gasteiger partial charge in [-0.25, -0.2) is 9.98 Å². The lowest BCUT2D eigenvalue weighted by Crippen LogP contribution is -2.42. The number of hydrogen-bond donors (Lipinski definition) is 2. The van der Waals surface area contributed by atoms with E-state index in [4.69, 9.17) is 5.11 Å². The molecule has 0 bridgehead atoms. The van der Waals surface area contributed by atoms with E-state index >= 15 is 0 Å². The Labute approximate surface area is 157 Å². The third-order valence-electron chi connectivity index (χ3n) is 4.82. The van der Waals surface area contributed by atoms with Crippen LogP contribution in [0.5, 0.6) is 0 Å². The van der Waals surface area contributed by atoms with Gasteiger partial charge in [0.1, 0.15) is 5.48 Å². The lowest BCUT2D eigenvalue weighted by molar-refractivity contribution is -0.137. The van der Waals surface area contributed by atoms with Gasteiger partial charge in [-0.2, -0.15) is 0 Å². The zero-order valence-corrected chi connectivity index (χ0v) is 15.7. The van der Waals surface area contributed by atoms with E-state index < -0.39 is 5.97 Å². The van der Waals surface area contributed by atoms with Crippen molar-refractivity contribution in [1.29, 1.82) is 0 Å². The summed E-state index contributed by atoms with van der Waals surface area (Å²) in [7, 11) is 0. The fraction of sp³-hybridized carbons (Fsp3) is 0.400. The smallest absolute Gasteiger partial charge is 0.303 e. The molecule has 2 N–H and O–H groups in total. The first-order valence-electron chi connectivity index (χ1n) is 9.15. The largest absolute Gasteiger partial charge is 0.481 e. The highest BCUT2D eigenvalue weighted by Crippen LogP contribution is 2.36. The van der Waals surface area contributed by atoms with Crippen LogP contribution in [0.3, 0.4) is 0 Å². The number of unbranched alkanes of at least 4 members (excludes halogenated alkanes) is 3. The van der Waals surface area contributed by atoms with Crippen LogP contribution in [-0.4, -0.2) is 27.6 Å². The van der Waals surface area contributed by atoms with Crippen LogP contribution in [0.15, 0.2) is 21.9 Å². The van der Waals surface area contributed by atoms with Crippen LogP contribution >= 0.6 is 0 Å². The van der Waals surface area contributed by atoms with Crippen LogP contribution in [-0.2, 0) is 4.79 Å². The van der Waals surface area contributed by atoms with Crippen LogP contribution in [0.25, 0.3) is 6.58 Å². The molecule has 27 heavy (non-hydrogen) atoms. The first-order chi connectivity index (χ1) is 12.9. The number of benzene rings is 1. The van der Waals surface area contributed by atoms with Gasteiger partial charge in [0.05, 0.1) is 11.4 Å². The summed E-state index contributed by atoms with van der Waals surface area (Å²) in [5, 5.41) is 9.04. The predicted octanol–water partition coefficient (Wildman–Crippen LogP) is 2.23. The number of nitrogens with zero attached hydrogens (tertiary/aromatic N) is 3. The minimum absolute atomic E-state index is 0.203. The first kappa shape index (κ1) is 18.8. The van der Waals surface area contributed by atoms with Gasteiger partial charge in [0.15, 0.2) is 11.2 Å². The zero-order valence-electron chi connectivity index (χ0n) is 15.7. The van der Waals surface area contributed by atoms with Crippen molar-refractivity contribution in [3.05, 3.63) is 44.5 Å². The molecule has 2 aromatic rings. The Morgan fingerprint density at radius 2 is 1.89 bits per heavy atom. The molecule has 0 saturated heterocycles. The number of aromatic amines is 1. The number of anilines is 2. The molecule has 7 nitrogen and oxygen atoms in total. The Bertz CT molecular complexity index is 1040. The number of hydrogen-bond acceptors (Lipinski definition) is 5. The summed E-state index contributed by atoms with van der Waals surface area (Å²) >= 11 is 0. The molecule has 0 aliphatic carbocycles. The first-order valence-corrected chi connectivity index (χ1v) is 9.15. The number of carbonyl (C=O) groups is 1. The van der Waals surface area contributed by atoms with Gasteiger partial charge in [-0.05, 0) is 49.9 Å². The van der Waals surface area contributed by atoms with Crippen LogP contribution in [0.4, 0.5) is 17.2 Å². The number of aryl methyl sites for hydroxylation is 2. The Morgan fingerprint density at radius 3 is 2.63 bits per heavy atom. The molecule has 0 atom stereocenters. The number of fused-ring (bicyclic) bond motifs is 2. The highest BCUT2D eigenvalue weighted by Gasteiger charge is 2.23. The van der Waals surface area contributed by atoms with Crippen LogP contribution < -0.4 is 21.3 Å². The van der Waals surface area contributed by atoms with E-state index in [-0.39, 0.29) is 12.0 Å². The van der Waals surface area contributed by atoms with E-state index in [2.05, 4.69) is 27.6 Å². The summed E-state index contributed by atoms with van der Waals surface area (Å²) < 4.78 is 0. The molecule has 1 aliphatic rings. The number of carboxylic acid groups (broad SMARTS) is 1. The number of H-pyrrole nitrogens is 1. The van der Waals surface area contributed by atoms with Gasteiger partial charge in [-0.3, -0.25) is 9.59 Å². The lowest BCUT2D eigenvalue weighted by atomic mass is 10.1. The molecule has 1 aromatic carbocycles. The lowest BCUT2D eigenvalue weighted by Gasteiger charge is -2.28. The van der Waals surface area contributed by atoms with Crippen LogP contribution in [0.2, 0.25) is 0 Å². The molecular formula is C20H24N4O3. The van der Waals surface area contributed by atoms with Gasteiger partial charge in [0, 0.05) is 13.0 Å². The van der Waals surface area contributed by atoms with Gasteiger partial charge in [-0.1, -0.05) is 19.4 Å². The maximum Gasteiger partial charge on any atom is 0.303 e. The summed E-state index contributed by atoms with van der Waals surface area (Å²) in [5.41, 5.74) is 3.99. The van der Waals surface area contributed by atoms with Crippen LogP contribution in [0, 0.1) is 13.8 Å². The van der Waals surface area contributed by atoms with E-state index in [1.165, 1.54) is 0 Å². The molecule has 0 amide bonds. The van der Waals surface area contributed by atoms with Crippen molar-refractivity contribution < 1.29 is 9.90 Å². The molecule has 0 unspecified atom stereocenters. The highest BCUT2D eigenvalue weighted by atomic mass is 16.4. The van der Waals surface area contributed by atoms with Gasteiger partial charge >= 0.3 is 5.97 Å². The average molecular weight is 368 g/mol. The van der Waals surface area contributed by atoms with E-state index in [0.29, 0.717) is 29.6 Å². The molecule has 1 aliphatic heterocycles. The summed E-state index contributed by atoms with van der Waals surface area (Å²) in [6, 6.07) is 4.07. The Kier molecular flexibility index (Phi) is 5.39. The molecule has 0 fully saturated rings. The van der Waals surface area contributed by atoms with E-state index in [9.17, 15) is 9.59 Å². The predicted molar refractivity (Wildman–Crippen MR) is 104 cm³/mol. The van der Waals surface area contributed by atoms with Crippen LogP contribution in [0.1, 0.15) is 43.2 Å². The second-order valence-electron chi connectivity index (χ2n) is 6.93. The van der Waals surface area contributed by atoms with Crippen molar-refractivity contribution in [2.24, 2.45) is 4.99 Å². The third kappa shape index (κ3) is 4.07. The molecule has 0 spiro atoms. The van der Waals surface area contributed by atoms with E-state index in [1.807, 2.05) is 24.8 Å². The molecule has 142 valence electrons. The number of nitrogens with one attached hydrogen (secondary N) is 1. The maximum atomic E-state index is 12.4. The van der Waals surface area contributed by atoms with Gasteiger partial charge in [-0.15, -0.1) is 0 Å². The summed E-state index contributed by atoms with van der Waals surface area (Å²) in [5.74, 6) is -0.224. The standard InChI is InChI=1S/C20H24N4O3/c1-12-10-15-16(11-13(12)2)24(9-7-5-4-6-8-17(25)26)19-18(23-15)20(27)22-14(3)21-19/h10-11H,3-9H2,1-2H3,(H,22,27)(H,25,26). The maximum absolute atomic E-state index is 12.4. The zero-order chi connectivity index (χ0) is 19.6. The van der Waals surface area contributed by atoms with Crippen molar-refractivity contribution in [3.63, 3.8) is 0 Å². The minimum atomic E-state index is -0.757. The van der Waals surface area contributed by atoms with Gasteiger partial charge in [0.25, 0.3) is 5.56 Å². The molecule has 7 heteroatoms. The summed E-state index contributed by atoms with van der Waals surface area (Å²) in [6.45, 7) is 8.51. The fourth-order valence-electron chi connectivity index (χ4n) is 3.24. The second kappa shape index (κ2) is 7.73. The van der Waals surface area contributed by atoms with Crippen molar-refractivity contribution in [2.45, 2.75) is 46.0 Å². The van der Waals surface area contributed by atoms with E-state index in [0.717, 1.165) is 41.8 Å². The molecule has 0 saturated carbocycles. The molecule has 2 heterocycles. The van der Waals surface area contributed by atoms with Gasteiger partial charge < -0.3 is 15.0 Å². The van der Waals surface area contributed by atoms with Gasteiger partial charge in [0.2, 0.25) is 0 Å². The average Bonchev–Trinajstić information content (AvgIpc) is 2.59. The molecular weight excluding hydrogens is 344 g/mol. The second-order valence-corrected chi connectivity index (χ2v) is 6.93. The Hall–Kier alpha value is -2.96. The Balaban J connectivity index is 1.90. The van der Waals surface area contributed by atoms with E-state index in [1.54, 1.807) is 0 Å². The monoisotopic (exact) mass is 368 g/mol. The number of aliphatic carboxylic acids is 1. The topological polar surface area (TPSA) is 98.7 Å². The fourth-order valence-corrected chi connectivity index (χ4v) is 3.24. The SMILES string of the molecule is C=c1nc2c(c(=O)[nH]1)=Nc1cc(C)c(C)cc1N2CCCCCCC(=O)O. The molecule has 3 rings (SSSR count). The summed E-state index contributed by atoms with van der Waals surface area (Å²) in [4.78, 5) is 36.6. The minimum Gasteiger partial charge on any atom is -0.481 e. The van der Waals surface area contributed by atoms with Crippen molar-refractivity contribution in [1.82, 2.24) is 9.97 Å². The number of carboxylic acids is 1. The Morgan fingerprint density at radius 1 is 1.19 bits per heavy atom.